The molecule has 0 saturated carbocycles. The number of piperazine rings is 1. The van der Waals surface area contributed by atoms with Crippen LogP contribution in [-0.2, 0) is 0 Å². The molecule has 0 atom stereocenters. The number of unbranched alkanes of at least 4 members (excludes halogenated alkanes) is 1. The predicted molar refractivity (Wildman–Crippen MR) is 129 cm³/mol. The molecule has 1 heterocycles. The molecule has 1 aliphatic heterocycles. The Labute approximate surface area is 187 Å². The van der Waals surface area contributed by atoms with E-state index in [4.69, 9.17) is 4.99 Å². The third kappa shape index (κ3) is 7.73. The van der Waals surface area contributed by atoms with E-state index in [-0.39, 0.29) is 29.8 Å². The minimum atomic E-state index is -0.141. The van der Waals surface area contributed by atoms with Crippen molar-refractivity contribution in [1.29, 1.82) is 0 Å². The van der Waals surface area contributed by atoms with Crippen LogP contribution in [0.1, 0.15) is 33.6 Å². The van der Waals surface area contributed by atoms with Crippen LogP contribution in [0.25, 0.3) is 0 Å². The molecule has 0 aromatic heterocycles. The Morgan fingerprint density at radius 3 is 2.46 bits per heavy atom. The fourth-order valence-electron chi connectivity index (χ4n) is 3.21. The van der Waals surface area contributed by atoms with Crippen LogP contribution >= 0.6 is 24.0 Å². The van der Waals surface area contributed by atoms with Gasteiger partial charge in [0, 0.05) is 45.3 Å². The molecule has 0 unspecified atom stereocenters. The first-order valence-electron chi connectivity index (χ1n) is 10.3. The number of rotatable bonds is 8. The Morgan fingerprint density at radius 1 is 1.18 bits per heavy atom. The van der Waals surface area contributed by atoms with E-state index in [0.717, 1.165) is 58.2 Å². The number of nitrogens with zero attached hydrogens (tertiary/aromatic N) is 4. The third-order valence-corrected chi connectivity index (χ3v) is 5.17. The van der Waals surface area contributed by atoms with Crippen molar-refractivity contribution in [2.24, 2.45) is 4.99 Å². The number of anilines is 1. The van der Waals surface area contributed by atoms with Crippen molar-refractivity contribution in [3.05, 3.63) is 30.1 Å². The van der Waals surface area contributed by atoms with Gasteiger partial charge in [-0.25, -0.2) is 4.39 Å². The van der Waals surface area contributed by atoms with Gasteiger partial charge >= 0.3 is 0 Å². The number of para-hydroxylation sites is 1. The first-order valence-corrected chi connectivity index (χ1v) is 10.3. The predicted octanol–water partition coefficient (Wildman–Crippen LogP) is 3.65. The highest BCUT2D eigenvalue weighted by atomic mass is 127. The Hall–Kier alpha value is -1.09. The maximum absolute atomic E-state index is 14.0. The van der Waals surface area contributed by atoms with Gasteiger partial charge < -0.3 is 20.0 Å². The van der Waals surface area contributed by atoms with Gasteiger partial charge in [0.05, 0.1) is 5.69 Å². The molecule has 1 N–H and O–H groups in total. The summed E-state index contributed by atoms with van der Waals surface area (Å²) in [4.78, 5) is 11.6. The van der Waals surface area contributed by atoms with Gasteiger partial charge in [-0.2, -0.15) is 0 Å². The van der Waals surface area contributed by atoms with E-state index in [0.29, 0.717) is 11.7 Å². The highest BCUT2D eigenvalue weighted by molar-refractivity contribution is 14.0. The van der Waals surface area contributed by atoms with E-state index in [9.17, 15) is 4.39 Å². The van der Waals surface area contributed by atoms with Crippen molar-refractivity contribution < 1.29 is 4.39 Å². The lowest BCUT2D eigenvalue weighted by atomic mass is 10.2. The molecule has 0 amide bonds. The molecule has 0 aliphatic carbocycles. The summed E-state index contributed by atoms with van der Waals surface area (Å²) in [5, 5.41) is 3.41. The minimum absolute atomic E-state index is 0. The number of aliphatic imine (C=N–C) groups is 1. The van der Waals surface area contributed by atoms with Crippen LogP contribution in [0.2, 0.25) is 0 Å². The summed E-state index contributed by atoms with van der Waals surface area (Å²) in [6, 6.07) is 7.62. The summed E-state index contributed by atoms with van der Waals surface area (Å²) < 4.78 is 14.0. The zero-order chi connectivity index (χ0) is 19.6. The summed E-state index contributed by atoms with van der Waals surface area (Å²) in [7, 11) is 2.17. The fourth-order valence-corrected chi connectivity index (χ4v) is 3.21. The summed E-state index contributed by atoms with van der Waals surface area (Å²) in [6.45, 7) is 12.7. The van der Waals surface area contributed by atoms with Crippen molar-refractivity contribution in [2.75, 3.05) is 57.8 Å². The zero-order valence-electron chi connectivity index (χ0n) is 17.8. The largest absolute Gasteiger partial charge is 0.366 e. The number of hydrogen-bond donors (Lipinski definition) is 1. The van der Waals surface area contributed by atoms with Crippen molar-refractivity contribution in [2.45, 2.75) is 39.7 Å². The molecule has 0 spiro atoms. The van der Waals surface area contributed by atoms with Crippen LogP contribution in [0.15, 0.2) is 29.3 Å². The molecule has 1 saturated heterocycles. The summed E-state index contributed by atoms with van der Waals surface area (Å²) in [6.07, 6.45) is 2.26. The molecule has 1 aromatic rings. The molecule has 2 rings (SSSR count). The summed E-state index contributed by atoms with van der Waals surface area (Å²) in [5.74, 6) is 0.848. The Bertz CT molecular complexity index is 588. The van der Waals surface area contributed by atoms with Crippen molar-refractivity contribution >= 4 is 35.6 Å². The average molecular weight is 505 g/mol. The fraction of sp³-hybridized carbons (Fsp3) is 0.667. The van der Waals surface area contributed by atoms with Gasteiger partial charge in [-0.3, -0.25) is 4.99 Å². The van der Waals surface area contributed by atoms with E-state index >= 15 is 0 Å². The Morgan fingerprint density at radius 2 is 1.86 bits per heavy atom. The molecule has 1 aliphatic rings. The molecular weight excluding hydrogens is 468 g/mol. The molecular formula is C21H37FIN5. The Kier molecular flexibility index (Phi) is 11.8. The van der Waals surface area contributed by atoms with Crippen LogP contribution in [0.5, 0.6) is 0 Å². The van der Waals surface area contributed by atoms with Crippen LogP contribution in [-0.4, -0.2) is 74.7 Å². The SMILES string of the molecule is CCNC(=NCCCCN(C)C(C)C)N1CCN(c2ccccc2F)CC1.I. The van der Waals surface area contributed by atoms with Crippen molar-refractivity contribution in [3.8, 4) is 0 Å². The van der Waals surface area contributed by atoms with E-state index < -0.39 is 0 Å². The lowest BCUT2D eigenvalue weighted by Crippen LogP contribution is -2.52. The molecule has 0 radical (unpaired) electrons. The first-order chi connectivity index (χ1) is 13.0. The maximum atomic E-state index is 14.0. The standard InChI is InChI=1S/C21H36FN5.HI/c1-5-23-21(24-12-8-9-13-25(4)18(2)3)27-16-14-26(15-17-27)20-11-7-6-10-19(20)22;/h6-7,10-11,18H,5,8-9,12-17H2,1-4H3,(H,23,24);1H. The van der Waals surface area contributed by atoms with Crippen LogP contribution in [0.4, 0.5) is 10.1 Å². The molecule has 1 aromatic carbocycles. The normalized spacial score (nSPS) is 15.2. The van der Waals surface area contributed by atoms with Crippen LogP contribution in [0.3, 0.4) is 0 Å². The second-order valence-corrected chi connectivity index (χ2v) is 7.44. The number of hydrogen-bond acceptors (Lipinski definition) is 3. The number of guanidine groups is 1. The smallest absolute Gasteiger partial charge is 0.194 e. The van der Waals surface area contributed by atoms with Crippen LogP contribution < -0.4 is 10.2 Å². The highest BCUT2D eigenvalue weighted by Crippen LogP contribution is 2.20. The van der Waals surface area contributed by atoms with E-state index in [1.807, 2.05) is 12.1 Å². The van der Waals surface area contributed by atoms with E-state index in [1.54, 1.807) is 6.07 Å². The average Bonchev–Trinajstić information content (AvgIpc) is 2.67. The lowest BCUT2D eigenvalue weighted by molar-refractivity contribution is 0.269. The number of nitrogens with one attached hydrogen (secondary N) is 1. The number of benzene rings is 1. The van der Waals surface area contributed by atoms with Gasteiger partial charge in [0.25, 0.3) is 0 Å². The monoisotopic (exact) mass is 505 g/mol. The van der Waals surface area contributed by atoms with Gasteiger partial charge in [0.1, 0.15) is 5.82 Å². The number of halogens is 2. The van der Waals surface area contributed by atoms with Gasteiger partial charge in [0.15, 0.2) is 5.96 Å². The quantitative estimate of drug-likeness (QED) is 0.253. The van der Waals surface area contributed by atoms with Gasteiger partial charge in [-0.1, -0.05) is 12.1 Å². The minimum Gasteiger partial charge on any atom is -0.366 e. The molecule has 28 heavy (non-hydrogen) atoms. The first kappa shape index (κ1) is 24.9. The van der Waals surface area contributed by atoms with E-state index in [1.165, 1.54) is 12.5 Å². The molecule has 1 fully saturated rings. The van der Waals surface area contributed by atoms with Gasteiger partial charge in [-0.05, 0) is 59.3 Å². The van der Waals surface area contributed by atoms with Gasteiger partial charge in [0.2, 0.25) is 0 Å². The molecule has 160 valence electrons. The zero-order valence-corrected chi connectivity index (χ0v) is 20.2. The molecule has 0 bridgehead atoms. The van der Waals surface area contributed by atoms with Crippen LogP contribution in [0, 0.1) is 5.82 Å². The second kappa shape index (κ2) is 13.2. The highest BCUT2D eigenvalue weighted by Gasteiger charge is 2.21. The topological polar surface area (TPSA) is 34.1 Å². The Balaban J connectivity index is 0.00000392. The van der Waals surface area contributed by atoms with Crippen molar-refractivity contribution in [3.63, 3.8) is 0 Å². The van der Waals surface area contributed by atoms with Gasteiger partial charge in [-0.15, -0.1) is 24.0 Å². The van der Waals surface area contributed by atoms with E-state index in [2.05, 4.69) is 47.8 Å². The summed E-state index contributed by atoms with van der Waals surface area (Å²) >= 11 is 0. The molecule has 7 heteroatoms. The van der Waals surface area contributed by atoms with Crippen molar-refractivity contribution in [1.82, 2.24) is 15.1 Å². The second-order valence-electron chi connectivity index (χ2n) is 7.44. The lowest BCUT2D eigenvalue weighted by Gasteiger charge is -2.37. The maximum Gasteiger partial charge on any atom is 0.194 e. The molecule has 5 nitrogen and oxygen atoms in total. The third-order valence-electron chi connectivity index (χ3n) is 5.17. The summed E-state index contributed by atoms with van der Waals surface area (Å²) in [5.41, 5.74) is 0.702.